The molecule has 0 fully saturated rings. The summed E-state index contributed by atoms with van der Waals surface area (Å²) in [4.78, 5) is 38.8. The van der Waals surface area contributed by atoms with E-state index in [1.807, 2.05) is 86.6 Å². The zero-order valence-corrected chi connectivity index (χ0v) is 20.1. The molecule has 0 spiro atoms. The third-order valence-corrected chi connectivity index (χ3v) is 5.60. The topological polar surface area (TPSA) is 95.9 Å². The minimum Gasteiger partial charge on any atom is -0.480 e. The molecule has 3 rings (SSSR count). The molecule has 0 unspecified atom stereocenters. The number of benzene rings is 3. The predicted molar refractivity (Wildman–Crippen MR) is 135 cm³/mol. The molecular weight excluding hydrogens is 444 g/mol. The largest absolute Gasteiger partial charge is 0.480 e. The van der Waals surface area contributed by atoms with Crippen molar-refractivity contribution in [2.24, 2.45) is 5.92 Å². The van der Waals surface area contributed by atoms with Crippen LogP contribution in [0.4, 0.5) is 4.79 Å². The van der Waals surface area contributed by atoms with E-state index in [1.54, 1.807) is 0 Å². The quantitative estimate of drug-likeness (QED) is 0.393. The Hall–Kier alpha value is -3.87. The van der Waals surface area contributed by atoms with Gasteiger partial charge in [0.25, 0.3) is 0 Å². The molecule has 0 aromatic heterocycles. The summed E-state index contributed by atoms with van der Waals surface area (Å²) in [6, 6.07) is 21.2. The summed E-state index contributed by atoms with van der Waals surface area (Å²) in [6.07, 6.45) is 0.172. The highest BCUT2D eigenvalue weighted by Gasteiger charge is 2.25. The third-order valence-electron chi connectivity index (χ3n) is 5.60. The standard InChI is InChI=1S/C28H32N2O5/c1-20(2)18-30(16-15-26(31)35-19-21-9-4-3-5-10-21)28(34)29-25(27(32)33)17-23-13-8-12-22-11-6-7-14-24(22)23/h3-14,20,25H,15-19H2,1-2H3,(H,29,34)(H,32,33)/t25-/m0/s1. The first kappa shape index (κ1) is 25.7. The molecule has 0 aliphatic heterocycles. The van der Waals surface area contributed by atoms with Crippen molar-refractivity contribution >= 4 is 28.7 Å². The first-order chi connectivity index (χ1) is 16.8. The first-order valence-electron chi connectivity index (χ1n) is 11.8. The van der Waals surface area contributed by atoms with Crippen molar-refractivity contribution in [2.45, 2.75) is 39.3 Å². The maximum Gasteiger partial charge on any atom is 0.326 e. The molecule has 7 nitrogen and oxygen atoms in total. The number of hydrogen-bond acceptors (Lipinski definition) is 4. The van der Waals surface area contributed by atoms with E-state index >= 15 is 0 Å². The molecule has 35 heavy (non-hydrogen) atoms. The van der Waals surface area contributed by atoms with Gasteiger partial charge in [-0.2, -0.15) is 0 Å². The van der Waals surface area contributed by atoms with Gasteiger partial charge >= 0.3 is 18.0 Å². The van der Waals surface area contributed by atoms with Crippen LogP contribution in [-0.2, 0) is 27.4 Å². The van der Waals surface area contributed by atoms with Gasteiger partial charge in [-0.3, -0.25) is 4.79 Å². The third kappa shape index (κ3) is 7.84. The van der Waals surface area contributed by atoms with Gasteiger partial charge in [-0.1, -0.05) is 86.6 Å². The Bertz CT molecular complexity index is 1140. The summed E-state index contributed by atoms with van der Waals surface area (Å²) in [5, 5.41) is 14.4. The maximum atomic E-state index is 13.0. The molecule has 0 aliphatic rings. The molecule has 0 saturated carbocycles. The van der Waals surface area contributed by atoms with Gasteiger partial charge in [-0.15, -0.1) is 0 Å². The fourth-order valence-corrected chi connectivity index (χ4v) is 3.88. The zero-order valence-electron chi connectivity index (χ0n) is 20.1. The van der Waals surface area contributed by atoms with E-state index in [-0.39, 0.29) is 31.9 Å². The van der Waals surface area contributed by atoms with Crippen LogP contribution in [0.2, 0.25) is 0 Å². The normalized spacial score (nSPS) is 11.7. The number of hydrogen-bond donors (Lipinski definition) is 2. The monoisotopic (exact) mass is 476 g/mol. The molecule has 2 amide bonds. The van der Waals surface area contributed by atoms with E-state index in [2.05, 4.69) is 5.32 Å². The van der Waals surface area contributed by atoms with Crippen LogP contribution in [-0.4, -0.2) is 47.1 Å². The molecule has 0 heterocycles. The van der Waals surface area contributed by atoms with Crippen molar-refractivity contribution in [2.75, 3.05) is 13.1 Å². The molecule has 7 heteroatoms. The number of nitrogens with one attached hydrogen (secondary N) is 1. The van der Waals surface area contributed by atoms with Gasteiger partial charge in [0.2, 0.25) is 0 Å². The summed E-state index contributed by atoms with van der Waals surface area (Å²) in [7, 11) is 0. The van der Waals surface area contributed by atoms with Gasteiger partial charge < -0.3 is 20.1 Å². The molecule has 3 aromatic rings. The van der Waals surface area contributed by atoms with Crippen LogP contribution in [0.15, 0.2) is 72.8 Å². The minimum atomic E-state index is -1.11. The summed E-state index contributed by atoms with van der Waals surface area (Å²) in [5.74, 6) is -1.39. The lowest BCUT2D eigenvalue weighted by Gasteiger charge is -2.26. The number of amides is 2. The number of carbonyl (C=O) groups is 3. The molecule has 0 saturated heterocycles. The molecule has 0 aliphatic carbocycles. The van der Waals surface area contributed by atoms with Gasteiger partial charge in [0.05, 0.1) is 6.42 Å². The van der Waals surface area contributed by atoms with Crippen LogP contribution in [0, 0.1) is 5.92 Å². The van der Waals surface area contributed by atoms with Crippen LogP contribution in [0.25, 0.3) is 10.8 Å². The fraction of sp³-hybridized carbons (Fsp3) is 0.321. The second kappa shape index (κ2) is 12.6. The number of rotatable bonds is 11. The smallest absolute Gasteiger partial charge is 0.326 e. The first-order valence-corrected chi connectivity index (χ1v) is 11.8. The molecule has 1 atom stereocenters. The van der Waals surface area contributed by atoms with Crippen molar-refractivity contribution in [1.82, 2.24) is 10.2 Å². The van der Waals surface area contributed by atoms with Crippen LogP contribution >= 0.6 is 0 Å². The van der Waals surface area contributed by atoms with E-state index in [0.717, 1.165) is 21.9 Å². The highest BCUT2D eigenvalue weighted by molar-refractivity contribution is 5.87. The number of carboxylic acids is 1. The molecule has 2 N–H and O–H groups in total. The number of fused-ring (bicyclic) bond motifs is 1. The molecular formula is C28H32N2O5. The predicted octanol–water partition coefficient (Wildman–Crippen LogP) is 4.64. The van der Waals surface area contributed by atoms with Gasteiger partial charge in [0.15, 0.2) is 0 Å². The van der Waals surface area contributed by atoms with E-state index < -0.39 is 24.0 Å². The SMILES string of the molecule is CC(C)CN(CCC(=O)OCc1ccccc1)C(=O)N[C@@H](Cc1cccc2ccccc12)C(=O)O. The summed E-state index contributed by atoms with van der Waals surface area (Å²) in [6.45, 7) is 4.61. The van der Waals surface area contributed by atoms with E-state index in [4.69, 9.17) is 4.74 Å². The van der Waals surface area contributed by atoms with Gasteiger partial charge in [0, 0.05) is 19.5 Å². The lowest BCUT2D eigenvalue weighted by atomic mass is 9.99. The van der Waals surface area contributed by atoms with Crippen LogP contribution in [0.1, 0.15) is 31.4 Å². The average molecular weight is 477 g/mol. The van der Waals surface area contributed by atoms with Crippen molar-refractivity contribution in [3.63, 3.8) is 0 Å². The lowest BCUT2D eigenvalue weighted by molar-refractivity contribution is -0.145. The Morgan fingerprint density at radius 3 is 2.34 bits per heavy atom. The Morgan fingerprint density at radius 1 is 0.943 bits per heavy atom. The van der Waals surface area contributed by atoms with Crippen LogP contribution in [0.3, 0.4) is 0 Å². The number of urea groups is 1. The number of nitrogens with zero attached hydrogens (tertiary/aromatic N) is 1. The van der Waals surface area contributed by atoms with Crippen molar-refractivity contribution in [3.05, 3.63) is 83.9 Å². The van der Waals surface area contributed by atoms with Gasteiger partial charge in [-0.25, -0.2) is 9.59 Å². The van der Waals surface area contributed by atoms with E-state index in [9.17, 15) is 19.5 Å². The Kier molecular flexibility index (Phi) is 9.23. The minimum absolute atomic E-state index is 0.0219. The van der Waals surface area contributed by atoms with Crippen LogP contribution in [0.5, 0.6) is 0 Å². The number of esters is 1. The zero-order chi connectivity index (χ0) is 25.2. The Labute approximate surface area is 205 Å². The highest BCUT2D eigenvalue weighted by Crippen LogP contribution is 2.20. The number of aliphatic carboxylic acids is 1. The molecule has 0 bridgehead atoms. The van der Waals surface area contributed by atoms with Crippen molar-refractivity contribution < 1.29 is 24.2 Å². The number of carboxylic acid groups (broad SMARTS) is 1. The molecule has 3 aromatic carbocycles. The second-order valence-electron chi connectivity index (χ2n) is 8.92. The fourth-order valence-electron chi connectivity index (χ4n) is 3.88. The lowest BCUT2D eigenvalue weighted by Crippen LogP contribution is -2.50. The summed E-state index contributed by atoms with van der Waals surface area (Å²) < 4.78 is 5.31. The average Bonchev–Trinajstić information content (AvgIpc) is 2.85. The molecule has 184 valence electrons. The summed E-state index contributed by atoms with van der Waals surface area (Å²) >= 11 is 0. The highest BCUT2D eigenvalue weighted by atomic mass is 16.5. The van der Waals surface area contributed by atoms with Gasteiger partial charge in [0.1, 0.15) is 12.6 Å². The van der Waals surface area contributed by atoms with E-state index in [0.29, 0.717) is 6.54 Å². The van der Waals surface area contributed by atoms with Crippen LogP contribution < -0.4 is 5.32 Å². The van der Waals surface area contributed by atoms with Gasteiger partial charge in [-0.05, 0) is 27.8 Å². The van der Waals surface area contributed by atoms with Crippen molar-refractivity contribution in [1.29, 1.82) is 0 Å². The second-order valence-corrected chi connectivity index (χ2v) is 8.92. The maximum absolute atomic E-state index is 13.0. The summed E-state index contributed by atoms with van der Waals surface area (Å²) in [5.41, 5.74) is 1.73. The number of carbonyl (C=O) groups excluding carboxylic acids is 2. The van der Waals surface area contributed by atoms with E-state index in [1.165, 1.54) is 4.90 Å². The number of ether oxygens (including phenoxy) is 1. The van der Waals surface area contributed by atoms with Crippen molar-refractivity contribution in [3.8, 4) is 0 Å². The Morgan fingerprint density at radius 2 is 1.63 bits per heavy atom. The molecule has 0 radical (unpaired) electrons. The Balaban J connectivity index is 1.62.